The summed E-state index contributed by atoms with van der Waals surface area (Å²) in [6.45, 7) is 36.3. The average Bonchev–Trinajstić information content (AvgIpc) is 3.61. The molecule has 2 aromatic rings. The van der Waals surface area contributed by atoms with Crippen LogP contribution in [0.1, 0.15) is 204 Å². The summed E-state index contributed by atoms with van der Waals surface area (Å²) in [6, 6.07) is 7.09. The first-order valence-corrected chi connectivity index (χ1v) is 32.5. The summed E-state index contributed by atoms with van der Waals surface area (Å²) in [7, 11) is -4.15. The second kappa shape index (κ2) is 29.8. The molecular weight excluding hydrogens is 855 g/mol. The van der Waals surface area contributed by atoms with E-state index in [0.717, 1.165) is 48.9 Å². The van der Waals surface area contributed by atoms with Gasteiger partial charge in [-0.3, -0.25) is 4.90 Å². The molecule has 0 saturated carbocycles. The van der Waals surface area contributed by atoms with E-state index in [-0.39, 0.29) is 35.3 Å². The van der Waals surface area contributed by atoms with Gasteiger partial charge in [-0.15, -0.1) is 0 Å². The molecule has 0 saturated heterocycles. The summed E-state index contributed by atoms with van der Waals surface area (Å²) in [4.78, 5) is 32.9. The number of aromatic nitrogens is 1. The van der Waals surface area contributed by atoms with Crippen molar-refractivity contribution in [2.45, 2.75) is 265 Å². The molecule has 2 rings (SSSR count). The molecule has 0 fully saturated rings. The highest BCUT2D eigenvalue weighted by atomic mass is 28.4. The number of H-pyrrole nitrogens is 1. The molecule has 0 aliphatic carbocycles. The fourth-order valence-corrected chi connectivity index (χ4v) is 10.9. The SMILES string of the molecule is CCCCCCCCCCC(CN(CCCOC(=O)[C@H](Cc1c[nH]c2ccccc12)NC(=O)OC(C)(C)C)CC(CCCCCCCCCC)O[Si](C)(C)C(C)(C)C)O[Si](C)(C)C(C)(C)C. The minimum atomic E-state index is -2.08. The van der Waals surface area contributed by atoms with Gasteiger partial charge in [0.05, 0.1) is 18.8 Å². The molecule has 0 aliphatic rings. The minimum absolute atomic E-state index is 0.102. The lowest BCUT2D eigenvalue weighted by atomic mass is 10.0. The molecule has 3 atom stereocenters. The third-order valence-electron chi connectivity index (χ3n) is 14.2. The smallest absolute Gasteiger partial charge is 0.408 e. The Balaban J connectivity index is 2.37. The predicted octanol–water partition coefficient (Wildman–Crippen LogP) is 15.7. The van der Waals surface area contributed by atoms with Crippen molar-refractivity contribution in [2.24, 2.45) is 0 Å². The van der Waals surface area contributed by atoms with Crippen molar-refractivity contribution in [1.29, 1.82) is 0 Å². The van der Waals surface area contributed by atoms with Crippen molar-refractivity contribution in [2.75, 3.05) is 26.2 Å². The number of nitrogens with one attached hydrogen (secondary N) is 2. The summed E-state index contributed by atoms with van der Waals surface area (Å²) in [5, 5.41) is 4.06. The first kappa shape index (κ1) is 59.9. The summed E-state index contributed by atoms with van der Waals surface area (Å²) >= 11 is 0. The van der Waals surface area contributed by atoms with Crippen molar-refractivity contribution in [3.8, 4) is 0 Å². The summed E-state index contributed by atoms with van der Waals surface area (Å²) < 4.78 is 26.3. The van der Waals surface area contributed by atoms with Crippen LogP contribution in [0.4, 0.5) is 4.79 Å². The van der Waals surface area contributed by atoms with Gasteiger partial charge in [-0.05, 0) is 87.9 Å². The standard InChI is InChI=1S/C55H103N3O6Si2/c1-16-18-20-22-24-26-28-30-35-46(63-65(12,13)54(6,7)8)43-58(44-47(64-66(14,15)55(9,10)11)36-31-29-27-25-23-21-19-17-2)39-34-40-61-51(59)50(57-52(60)62-53(3,4)5)41-45-42-56-49-38-33-32-37-48(45)49/h32-33,37-38,42,46-47,50,56H,16-31,34-36,39-41,43-44H2,1-15H3,(H,57,60)/t46?,47?,50-/m0/s1. The van der Waals surface area contributed by atoms with E-state index in [0.29, 0.717) is 6.42 Å². The summed E-state index contributed by atoms with van der Waals surface area (Å²) in [5.74, 6) is -0.458. The number of ether oxygens (including phenoxy) is 2. The van der Waals surface area contributed by atoms with E-state index in [1.54, 1.807) is 0 Å². The number of unbranched alkanes of at least 4 members (excludes halogenated alkanes) is 14. The van der Waals surface area contributed by atoms with Gasteiger partial charge in [0.2, 0.25) is 0 Å². The third kappa shape index (κ3) is 23.9. The molecule has 2 N–H and O–H groups in total. The molecule has 9 nitrogen and oxygen atoms in total. The predicted molar refractivity (Wildman–Crippen MR) is 286 cm³/mol. The van der Waals surface area contributed by atoms with E-state index in [4.69, 9.17) is 18.3 Å². The first-order valence-electron chi connectivity index (χ1n) is 26.7. The number of alkyl carbamates (subject to hydrolysis) is 1. The zero-order valence-corrected chi connectivity index (χ0v) is 47.5. The third-order valence-corrected chi connectivity index (χ3v) is 23.2. The Hall–Kier alpha value is -2.19. The van der Waals surface area contributed by atoms with Crippen molar-refractivity contribution < 1.29 is 27.9 Å². The van der Waals surface area contributed by atoms with Gasteiger partial charge >= 0.3 is 12.1 Å². The second-order valence-electron chi connectivity index (χ2n) is 23.6. The number of nitrogens with zero attached hydrogens (tertiary/aromatic N) is 1. The van der Waals surface area contributed by atoms with Gasteiger partial charge in [0.25, 0.3) is 0 Å². The lowest BCUT2D eigenvalue weighted by Gasteiger charge is -2.42. The molecule has 382 valence electrons. The van der Waals surface area contributed by atoms with Crippen molar-refractivity contribution in [3.05, 3.63) is 36.0 Å². The van der Waals surface area contributed by atoms with Crippen LogP contribution < -0.4 is 5.32 Å². The van der Waals surface area contributed by atoms with Crippen LogP contribution in [-0.2, 0) is 29.5 Å². The fourth-order valence-electron chi connectivity index (χ4n) is 8.13. The van der Waals surface area contributed by atoms with Crippen molar-refractivity contribution in [3.63, 3.8) is 0 Å². The van der Waals surface area contributed by atoms with Gasteiger partial charge in [-0.25, -0.2) is 9.59 Å². The molecule has 1 aromatic heterocycles. The summed E-state index contributed by atoms with van der Waals surface area (Å²) in [6.07, 6.45) is 25.2. The van der Waals surface area contributed by atoms with Crippen LogP contribution in [0.25, 0.3) is 10.9 Å². The maximum atomic E-state index is 14.0. The molecule has 2 unspecified atom stereocenters. The number of carbonyl (C=O) groups is 2. The number of hydrogen-bond acceptors (Lipinski definition) is 7. The van der Waals surface area contributed by atoms with Crippen LogP contribution in [0.3, 0.4) is 0 Å². The molecular formula is C55H103N3O6Si2. The van der Waals surface area contributed by atoms with Gasteiger partial charge in [0.15, 0.2) is 16.6 Å². The number of amides is 1. The summed E-state index contributed by atoms with van der Waals surface area (Å²) in [5.41, 5.74) is 1.21. The zero-order chi connectivity index (χ0) is 49.4. The Morgan fingerprint density at radius 1 is 0.652 bits per heavy atom. The van der Waals surface area contributed by atoms with Gasteiger partial charge < -0.3 is 28.6 Å². The van der Waals surface area contributed by atoms with Gasteiger partial charge in [-0.2, -0.15) is 0 Å². The van der Waals surface area contributed by atoms with E-state index in [2.05, 4.69) is 96.8 Å². The molecule has 1 aromatic carbocycles. The molecule has 0 bridgehead atoms. The highest BCUT2D eigenvalue weighted by molar-refractivity contribution is 6.74. The number of fused-ring (bicyclic) bond motifs is 1. The Labute approximate surface area is 408 Å². The monoisotopic (exact) mass is 958 g/mol. The molecule has 1 heterocycles. The lowest BCUT2D eigenvalue weighted by Crippen LogP contribution is -2.50. The molecule has 66 heavy (non-hydrogen) atoms. The van der Waals surface area contributed by atoms with Crippen molar-refractivity contribution in [1.82, 2.24) is 15.2 Å². The van der Waals surface area contributed by atoms with E-state index in [1.807, 2.05) is 51.2 Å². The highest BCUT2D eigenvalue weighted by Crippen LogP contribution is 2.39. The van der Waals surface area contributed by atoms with Gasteiger partial charge in [-0.1, -0.05) is 176 Å². The number of benzene rings is 1. The van der Waals surface area contributed by atoms with Crippen molar-refractivity contribution >= 4 is 39.6 Å². The normalized spacial score (nSPS) is 14.4. The fraction of sp³-hybridized carbons (Fsp3) is 0.818. The topological polar surface area (TPSA) is 102 Å². The molecule has 0 aliphatic heterocycles. The molecule has 0 radical (unpaired) electrons. The molecule has 0 spiro atoms. The maximum Gasteiger partial charge on any atom is 0.408 e. The van der Waals surface area contributed by atoms with E-state index in [1.165, 1.54) is 103 Å². The van der Waals surface area contributed by atoms with Gasteiger partial charge in [0, 0.05) is 43.2 Å². The zero-order valence-electron chi connectivity index (χ0n) is 45.5. The van der Waals surface area contributed by atoms with Crippen LogP contribution in [0.15, 0.2) is 30.5 Å². The average molecular weight is 959 g/mol. The van der Waals surface area contributed by atoms with E-state index >= 15 is 0 Å². The lowest BCUT2D eigenvalue weighted by molar-refractivity contribution is -0.146. The van der Waals surface area contributed by atoms with Gasteiger partial charge in [0.1, 0.15) is 11.6 Å². The van der Waals surface area contributed by atoms with E-state index < -0.39 is 40.3 Å². The Bertz CT molecular complexity index is 1570. The quantitative estimate of drug-likeness (QED) is 0.0409. The Morgan fingerprint density at radius 3 is 1.56 bits per heavy atom. The number of aromatic amines is 1. The Morgan fingerprint density at radius 2 is 1.11 bits per heavy atom. The second-order valence-corrected chi connectivity index (χ2v) is 33.1. The minimum Gasteiger partial charge on any atom is -0.464 e. The van der Waals surface area contributed by atoms with Crippen LogP contribution in [0, 0.1) is 0 Å². The number of hydrogen-bond donors (Lipinski definition) is 2. The first-order chi connectivity index (χ1) is 30.9. The number of carbonyl (C=O) groups excluding carboxylic acids is 2. The maximum absolute atomic E-state index is 14.0. The van der Waals surface area contributed by atoms with Crippen LogP contribution in [0.5, 0.6) is 0 Å². The highest BCUT2D eigenvalue weighted by Gasteiger charge is 2.41. The van der Waals surface area contributed by atoms with E-state index in [9.17, 15) is 9.59 Å². The molecule has 11 heteroatoms. The largest absolute Gasteiger partial charge is 0.464 e. The Kier molecular flexibility index (Phi) is 27.0. The number of rotatable bonds is 34. The van der Waals surface area contributed by atoms with Crippen LogP contribution in [0.2, 0.25) is 36.3 Å². The van der Waals surface area contributed by atoms with Crippen LogP contribution in [-0.4, -0.2) is 88.7 Å². The number of para-hydroxylation sites is 1. The number of esters is 1. The van der Waals surface area contributed by atoms with Crippen LogP contribution >= 0.6 is 0 Å². The molecule has 1 amide bonds.